The van der Waals surface area contributed by atoms with Crippen LogP contribution in [-0.4, -0.2) is 17.1 Å². The maximum atomic E-state index is 13.4. The van der Waals surface area contributed by atoms with Crippen molar-refractivity contribution >= 4 is 11.8 Å². The minimum Gasteiger partial charge on any atom is -0.486 e. The normalized spacial score (nSPS) is 32.7. The number of ether oxygens (including phenoxy) is 1. The highest BCUT2D eigenvalue weighted by Gasteiger charge is 2.46. The zero-order valence-corrected chi connectivity index (χ0v) is 12.2. The highest BCUT2D eigenvalue weighted by atomic mass is 32.2. The van der Waals surface area contributed by atoms with Crippen LogP contribution in [0.5, 0.6) is 5.75 Å². The maximum absolute atomic E-state index is 13.4. The lowest BCUT2D eigenvalue weighted by Crippen LogP contribution is -2.51. The van der Waals surface area contributed by atoms with E-state index < -0.39 is 0 Å². The molecule has 1 fully saturated rings. The molecule has 2 aliphatic rings. The topological polar surface area (TPSA) is 35.2 Å². The Morgan fingerprint density at radius 3 is 2.89 bits per heavy atom. The van der Waals surface area contributed by atoms with Crippen LogP contribution in [0.4, 0.5) is 4.39 Å². The van der Waals surface area contributed by atoms with Crippen LogP contribution < -0.4 is 10.5 Å². The fraction of sp³-hybridized carbons (Fsp3) is 0.600. The number of rotatable bonds is 0. The number of nitrogens with two attached hydrogens (primary N) is 1. The molecule has 2 atom stereocenters. The predicted octanol–water partition coefficient (Wildman–Crippen LogP) is 3.51. The summed E-state index contributed by atoms with van der Waals surface area (Å²) < 4.78 is 19.6. The average molecular weight is 281 g/mol. The summed E-state index contributed by atoms with van der Waals surface area (Å²) in [7, 11) is 0. The first-order valence-electron chi connectivity index (χ1n) is 6.71. The molecule has 0 saturated carbocycles. The molecule has 1 aromatic carbocycles. The summed E-state index contributed by atoms with van der Waals surface area (Å²) in [6.45, 7) is 4.52. The van der Waals surface area contributed by atoms with Crippen molar-refractivity contribution in [1.29, 1.82) is 0 Å². The van der Waals surface area contributed by atoms with E-state index in [9.17, 15) is 4.39 Å². The Labute approximate surface area is 117 Å². The Balaban J connectivity index is 1.95. The number of thioether (sulfide) groups is 1. The van der Waals surface area contributed by atoms with Gasteiger partial charge >= 0.3 is 0 Å². The van der Waals surface area contributed by atoms with Gasteiger partial charge in [-0.25, -0.2) is 4.39 Å². The standard InChI is InChI=1S/C15H20FNOS/c1-14(2)7-15(9-19-8-14)6-12(17)11-4-3-10(16)5-13(11)18-15/h3-5,12H,6-9,17H2,1-2H3/t12-,15?/m1/s1. The van der Waals surface area contributed by atoms with Crippen molar-refractivity contribution in [1.82, 2.24) is 0 Å². The first-order chi connectivity index (χ1) is 8.89. The Bertz CT molecular complexity index is 505. The highest BCUT2D eigenvalue weighted by molar-refractivity contribution is 7.99. The van der Waals surface area contributed by atoms with Crippen molar-refractivity contribution in [2.45, 2.75) is 38.3 Å². The molecule has 2 heterocycles. The third-order valence-electron chi connectivity index (χ3n) is 3.95. The molecule has 0 aliphatic carbocycles. The summed E-state index contributed by atoms with van der Waals surface area (Å²) in [5, 5.41) is 0. The molecule has 1 aromatic rings. The molecule has 2 nitrogen and oxygen atoms in total. The quantitative estimate of drug-likeness (QED) is 0.790. The minimum absolute atomic E-state index is 0.0566. The van der Waals surface area contributed by atoms with Gasteiger partial charge in [-0.05, 0) is 23.7 Å². The Morgan fingerprint density at radius 1 is 1.37 bits per heavy atom. The number of hydrogen-bond donors (Lipinski definition) is 1. The number of hydrogen-bond acceptors (Lipinski definition) is 3. The van der Waals surface area contributed by atoms with E-state index in [4.69, 9.17) is 10.5 Å². The molecule has 0 amide bonds. The molecular formula is C15H20FNOS. The second-order valence-corrected chi connectivity index (χ2v) is 7.60. The highest BCUT2D eigenvalue weighted by Crippen LogP contribution is 2.48. The summed E-state index contributed by atoms with van der Waals surface area (Å²) in [6.07, 6.45) is 1.80. The monoisotopic (exact) mass is 281 g/mol. The molecule has 0 aromatic heterocycles. The Hall–Kier alpha value is -0.740. The van der Waals surface area contributed by atoms with Gasteiger partial charge in [-0.1, -0.05) is 19.9 Å². The van der Waals surface area contributed by atoms with Crippen molar-refractivity contribution in [3.05, 3.63) is 29.6 Å². The smallest absolute Gasteiger partial charge is 0.127 e. The summed E-state index contributed by atoms with van der Waals surface area (Å²) in [6, 6.07) is 4.63. The molecular weight excluding hydrogens is 261 g/mol. The van der Waals surface area contributed by atoms with Crippen LogP contribution in [-0.2, 0) is 0 Å². The molecule has 4 heteroatoms. The van der Waals surface area contributed by atoms with Crippen LogP contribution in [0.2, 0.25) is 0 Å². The molecule has 0 bridgehead atoms. The SMILES string of the molecule is CC1(C)CSCC2(C[C@@H](N)c3ccc(F)cc3O2)C1. The molecule has 1 spiro atoms. The van der Waals surface area contributed by atoms with Gasteiger partial charge in [0.1, 0.15) is 17.2 Å². The van der Waals surface area contributed by atoms with Gasteiger partial charge in [0.05, 0.1) is 0 Å². The van der Waals surface area contributed by atoms with E-state index in [0.717, 1.165) is 29.9 Å². The van der Waals surface area contributed by atoms with Crippen LogP contribution in [0.25, 0.3) is 0 Å². The van der Waals surface area contributed by atoms with Crippen LogP contribution in [0.1, 0.15) is 38.3 Å². The lowest BCUT2D eigenvalue weighted by molar-refractivity contribution is 0.0164. The number of fused-ring (bicyclic) bond motifs is 1. The van der Waals surface area contributed by atoms with E-state index >= 15 is 0 Å². The van der Waals surface area contributed by atoms with Gasteiger partial charge in [-0.3, -0.25) is 0 Å². The van der Waals surface area contributed by atoms with Gasteiger partial charge in [0.2, 0.25) is 0 Å². The lowest BCUT2D eigenvalue weighted by Gasteiger charge is -2.48. The fourth-order valence-corrected chi connectivity index (χ4v) is 4.78. The molecule has 3 rings (SSSR count). The van der Waals surface area contributed by atoms with Gasteiger partial charge in [0, 0.05) is 29.8 Å². The summed E-state index contributed by atoms with van der Waals surface area (Å²) in [4.78, 5) is 0. The largest absolute Gasteiger partial charge is 0.486 e. The third kappa shape index (κ3) is 2.48. The number of benzene rings is 1. The van der Waals surface area contributed by atoms with Crippen molar-refractivity contribution < 1.29 is 9.13 Å². The van der Waals surface area contributed by atoms with Gasteiger partial charge in [-0.2, -0.15) is 11.8 Å². The van der Waals surface area contributed by atoms with Crippen LogP contribution in [0, 0.1) is 11.2 Å². The molecule has 2 aliphatic heterocycles. The van der Waals surface area contributed by atoms with Crippen LogP contribution in [0.3, 0.4) is 0 Å². The van der Waals surface area contributed by atoms with Crippen molar-refractivity contribution in [3.8, 4) is 5.75 Å². The fourth-order valence-electron chi connectivity index (χ4n) is 3.37. The molecule has 2 N–H and O–H groups in total. The summed E-state index contributed by atoms with van der Waals surface area (Å²) in [5.74, 6) is 2.46. The second-order valence-electron chi connectivity index (χ2n) is 6.61. The zero-order chi connectivity index (χ0) is 13.7. The van der Waals surface area contributed by atoms with E-state index in [-0.39, 0.29) is 22.9 Å². The van der Waals surface area contributed by atoms with Crippen molar-refractivity contribution in [2.75, 3.05) is 11.5 Å². The van der Waals surface area contributed by atoms with Gasteiger partial charge in [0.15, 0.2) is 0 Å². The average Bonchev–Trinajstić information content (AvgIpc) is 2.25. The zero-order valence-electron chi connectivity index (χ0n) is 11.4. The Morgan fingerprint density at radius 2 is 2.16 bits per heavy atom. The Kier molecular flexibility index (Phi) is 3.06. The van der Waals surface area contributed by atoms with Crippen molar-refractivity contribution in [3.63, 3.8) is 0 Å². The van der Waals surface area contributed by atoms with E-state index in [2.05, 4.69) is 13.8 Å². The summed E-state index contributed by atoms with van der Waals surface area (Å²) in [5.41, 5.74) is 7.22. The van der Waals surface area contributed by atoms with Crippen LogP contribution in [0.15, 0.2) is 18.2 Å². The van der Waals surface area contributed by atoms with E-state index in [1.807, 2.05) is 11.8 Å². The first kappa shape index (κ1) is 13.3. The van der Waals surface area contributed by atoms with E-state index in [0.29, 0.717) is 5.75 Å². The molecule has 0 radical (unpaired) electrons. The van der Waals surface area contributed by atoms with E-state index in [1.54, 1.807) is 6.07 Å². The van der Waals surface area contributed by atoms with Gasteiger partial charge in [-0.15, -0.1) is 0 Å². The summed E-state index contributed by atoms with van der Waals surface area (Å²) >= 11 is 1.91. The van der Waals surface area contributed by atoms with Gasteiger partial charge < -0.3 is 10.5 Å². The van der Waals surface area contributed by atoms with E-state index in [1.165, 1.54) is 12.1 Å². The van der Waals surface area contributed by atoms with Crippen molar-refractivity contribution in [2.24, 2.45) is 11.1 Å². The molecule has 104 valence electrons. The maximum Gasteiger partial charge on any atom is 0.127 e. The van der Waals surface area contributed by atoms with Crippen LogP contribution >= 0.6 is 11.8 Å². The predicted molar refractivity (Wildman–Crippen MR) is 77.0 cm³/mol. The number of halogens is 1. The molecule has 1 saturated heterocycles. The lowest BCUT2D eigenvalue weighted by atomic mass is 9.76. The van der Waals surface area contributed by atoms with Gasteiger partial charge in [0.25, 0.3) is 0 Å². The third-order valence-corrected chi connectivity index (χ3v) is 5.67. The second kappa shape index (κ2) is 4.38. The molecule has 19 heavy (non-hydrogen) atoms. The first-order valence-corrected chi connectivity index (χ1v) is 7.87. The minimum atomic E-state index is -0.259. The molecule has 1 unspecified atom stereocenters.